The molecular weight excluding hydrogens is 334 g/mol. The normalized spacial score (nSPS) is 11.3. The molecule has 5 rings (SSSR count). The van der Waals surface area contributed by atoms with Gasteiger partial charge in [-0.3, -0.25) is 4.79 Å². The van der Waals surface area contributed by atoms with Crippen LogP contribution in [0.2, 0.25) is 0 Å². The van der Waals surface area contributed by atoms with Crippen LogP contribution in [0.4, 0.5) is 5.69 Å². The lowest BCUT2D eigenvalue weighted by atomic mass is 10.0. The largest absolute Gasteiger partial charge is 0.337 e. The fraction of sp³-hybridized carbons (Fsp3) is 0.0435. The van der Waals surface area contributed by atoms with Crippen LogP contribution in [0.3, 0.4) is 0 Å². The first-order chi connectivity index (χ1) is 13.2. The minimum atomic E-state index is -0.0792. The molecule has 0 saturated carbocycles. The smallest absolute Gasteiger partial charge is 0.221 e. The van der Waals surface area contributed by atoms with Crippen molar-refractivity contribution in [3.63, 3.8) is 0 Å². The Kier molecular flexibility index (Phi) is 3.44. The molecule has 0 unspecified atom stereocenters. The molecule has 4 aromatic carbocycles. The lowest BCUT2D eigenvalue weighted by Gasteiger charge is -2.05. The number of H-pyrrole nitrogens is 1. The number of imidazole rings is 1. The van der Waals surface area contributed by atoms with Gasteiger partial charge in [0.25, 0.3) is 0 Å². The third kappa shape index (κ3) is 2.54. The molecule has 0 bridgehead atoms. The van der Waals surface area contributed by atoms with Crippen molar-refractivity contribution >= 4 is 44.2 Å². The van der Waals surface area contributed by atoms with Crippen LogP contribution in [0.5, 0.6) is 0 Å². The number of hydrogen-bond donors (Lipinski definition) is 2. The highest BCUT2D eigenvalue weighted by molar-refractivity contribution is 6.23. The molecule has 27 heavy (non-hydrogen) atoms. The summed E-state index contributed by atoms with van der Waals surface area (Å²) in [5, 5.41) is 7.52. The predicted molar refractivity (Wildman–Crippen MR) is 111 cm³/mol. The quantitative estimate of drug-likeness (QED) is 0.413. The first-order valence-electron chi connectivity index (χ1n) is 8.88. The van der Waals surface area contributed by atoms with E-state index in [1.807, 2.05) is 30.3 Å². The summed E-state index contributed by atoms with van der Waals surface area (Å²) in [7, 11) is 0. The Morgan fingerprint density at radius 1 is 0.815 bits per heavy atom. The van der Waals surface area contributed by atoms with Gasteiger partial charge in [0, 0.05) is 28.9 Å². The lowest BCUT2D eigenvalue weighted by molar-refractivity contribution is -0.114. The van der Waals surface area contributed by atoms with Crippen LogP contribution in [-0.2, 0) is 4.79 Å². The average molecular weight is 351 g/mol. The number of fused-ring (bicyclic) bond motifs is 6. The van der Waals surface area contributed by atoms with Gasteiger partial charge in [-0.2, -0.15) is 0 Å². The van der Waals surface area contributed by atoms with Gasteiger partial charge in [0.15, 0.2) is 0 Å². The van der Waals surface area contributed by atoms with Gasteiger partial charge in [0.1, 0.15) is 5.82 Å². The SMILES string of the molecule is CC(=O)Nc1ccc(-c2nc3c4ccccc4c4ccccc4c3[nH]2)cc1. The van der Waals surface area contributed by atoms with E-state index in [1.165, 1.54) is 23.1 Å². The second-order valence-electron chi connectivity index (χ2n) is 6.66. The van der Waals surface area contributed by atoms with Crippen LogP contribution in [0, 0.1) is 0 Å². The molecule has 0 spiro atoms. The van der Waals surface area contributed by atoms with Gasteiger partial charge in [-0.05, 0) is 35.0 Å². The summed E-state index contributed by atoms with van der Waals surface area (Å²) in [4.78, 5) is 19.6. The van der Waals surface area contributed by atoms with E-state index < -0.39 is 0 Å². The molecule has 2 N–H and O–H groups in total. The number of rotatable bonds is 2. The fourth-order valence-corrected chi connectivity index (χ4v) is 3.67. The maximum Gasteiger partial charge on any atom is 0.221 e. The Morgan fingerprint density at radius 2 is 1.41 bits per heavy atom. The molecule has 0 aliphatic rings. The molecule has 4 nitrogen and oxygen atoms in total. The summed E-state index contributed by atoms with van der Waals surface area (Å²) in [6, 6.07) is 24.5. The zero-order chi connectivity index (χ0) is 18.4. The van der Waals surface area contributed by atoms with Gasteiger partial charge in [0.05, 0.1) is 11.0 Å². The fourth-order valence-electron chi connectivity index (χ4n) is 3.67. The Hall–Kier alpha value is -3.66. The Balaban J connectivity index is 1.75. The lowest BCUT2D eigenvalue weighted by Crippen LogP contribution is -2.05. The summed E-state index contributed by atoms with van der Waals surface area (Å²) in [6.07, 6.45) is 0. The molecule has 0 radical (unpaired) electrons. The van der Waals surface area contributed by atoms with Crippen molar-refractivity contribution in [3.8, 4) is 11.4 Å². The number of aromatic nitrogens is 2. The molecule has 0 aliphatic heterocycles. The summed E-state index contributed by atoms with van der Waals surface area (Å²) < 4.78 is 0. The number of anilines is 1. The van der Waals surface area contributed by atoms with Gasteiger partial charge >= 0.3 is 0 Å². The van der Waals surface area contributed by atoms with Gasteiger partial charge in [-0.15, -0.1) is 0 Å². The van der Waals surface area contributed by atoms with Crippen LogP contribution >= 0.6 is 0 Å². The van der Waals surface area contributed by atoms with E-state index in [-0.39, 0.29) is 5.91 Å². The second kappa shape index (κ2) is 5.95. The monoisotopic (exact) mass is 351 g/mol. The number of benzene rings is 4. The summed E-state index contributed by atoms with van der Waals surface area (Å²) in [5.41, 5.74) is 3.78. The van der Waals surface area contributed by atoms with Crippen molar-refractivity contribution in [2.24, 2.45) is 0 Å². The van der Waals surface area contributed by atoms with Gasteiger partial charge in [0.2, 0.25) is 5.91 Å². The summed E-state index contributed by atoms with van der Waals surface area (Å²) >= 11 is 0. The molecule has 0 aliphatic carbocycles. The van der Waals surface area contributed by atoms with Crippen molar-refractivity contribution in [2.45, 2.75) is 6.92 Å². The zero-order valence-electron chi connectivity index (χ0n) is 14.8. The number of hydrogen-bond acceptors (Lipinski definition) is 2. The molecule has 0 atom stereocenters. The van der Waals surface area contributed by atoms with Crippen LogP contribution < -0.4 is 5.32 Å². The van der Waals surface area contributed by atoms with E-state index in [1.54, 1.807) is 0 Å². The van der Waals surface area contributed by atoms with Crippen molar-refractivity contribution in [2.75, 3.05) is 5.32 Å². The second-order valence-corrected chi connectivity index (χ2v) is 6.66. The van der Waals surface area contributed by atoms with Crippen LogP contribution in [0.1, 0.15) is 6.92 Å². The van der Waals surface area contributed by atoms with E-state index in [0.717, 1.165) is 33.5 Å². The van der Waals surface area contributed by atoms with Crippen molar-refractivity contribution in [1.82, 2.24) is 9.97 Å². The maximum absolute atomic E-state index is 11.2. The number of amides is 1. The topological polar surface area (TPSA) is 57.8 Å². The van der Waals surface area contributed by atoms with Crippen LogP contribution in [0.25, 0.3) is 44.0 Å². The van der Waals surface area contributed by atoms with Crippen molar-refractivity contribution in [3.05, 3.63) is 72.8 Å². The number of nitrogens with one attached hydrogen (secondary N) is 2. The maximum atomic E-state index is 11.2. The van der Waals surface area contributed by atoms with E-state index in [4.69, 9.17) is 4.98 Å². The van der Waals surface area contributed by atoms with E-state index in [2.05, 4.69) is 52.8 Å². The van der Waals surface area contributed by atoms with Gasteiger partial charge < -0.3 is 10.3 Å². The van der Waals surface area contributed by atoms with E-state index in [0.29, 0.717) is 0 Å². The van der Waals surface area contributed by atoms with E-state index >= 15 is 0 Å². The number of nitrogens with zero attached hydrogens (tertiary/aromatic N) is 1. The first kappa shape index (κ1) is 15.6. The summed E-state index contributed by atoms with van der Waals surface area (Å²) in [5.74, 6) is 0.741. The number of carbonyl (C=O) groups is 1. The number of carbonyl (C=O) groups excluding carboxylic acids is 1. The third-order valence-electron chi connectivity index (χ3n) is 4.85. The molecule has 130 valence electrons. The minimum Gasteiger partial charge on any atom is -0.337 e. The third-order valence-corrected chi connectivity index (χ3v) is 4.85. The van der Waals surface area contributed by atoms with Crippen molar-refractivity contribution in [1.29, 1.82) is 0 Å². The van der Waals surface area contributed by atoms with Crippen LogP contribution in [-0.4, -0.2) is 15.9 Å². The minimum absolute atomic E-state index is 0.0792. The van der Waals surface area contributed by atoms with Gasteiger partial charge in [-0.1, -0.05) is 48.5 Å². The zero-order valence-corrected chi connectivity index (χ0v) is 14.8. The molecule has 1 aromatic heterocycles. The molecule has 1 heterocycles. The highest BCUT2D eigenvalue weighted by Crippen LogP contribution is 2.35. The first-order valence-corrected chi connectivity index (χ1v) is 8.88. The van der Waals surface area contributed by atoms with Gasteiger partial charge in [-0.25, -0.2) is 4.98 Å². The van der Waals surface area contributed by atoms with Crippen molar-refractivity contribution < 1.29 is 4.79 Å². The standard InChI is InChI=1S/C23H17N3O/c1-14(27)24-16-12-10-15(11-13-16)23-25-21-19-8-4-2-6-17(19)18-7-3-5-9-20(18)22(21)26-23/h2-13H,1H3,(H,24,27)(H,25,26). The molecule has 4 heteroatoms. The molecule has 5 aromatic rings. The Labute approximate surface area is 155 Å². The Bertz CT molecular complexity index is 1240. The highest BCUT2D eigenvalue weighted by atomic mass is 16.1. The molecule has 0 saturated heterocycles. The van der Waals surface area contributed by atoms with E-state index in [9.17, 15) is 4.79 Å². The average Bonchev–Trinajstić information content (AvgIpc) is 3.14. The van der Waals surface area contributed by atoms with Crippen LogP contribution in [0.15, 0.2) is 72.8 Å². The highest BCUT2D eigenvalue weighted by Gasteiger charge is 2.13. The Morgan fingerprint density at radius 3 is 2.07 bits per heavy atom. The molecule has 1 amide bonds. The predicted octanol–water partition coefficient (Wildman–Crippen LogP) is 5.49. The summed E-state index contributed by atoms with van der Waals surface area (Å²) in [6.45, 7) is 1.50. The molecular formula is C23H17N3O. The molecule has 0 fully saturated rings. The number of aromatic amines is 1.